The first kappa shape index (κ1) is 23.3. The fourth-order valence-corrected chi connectivity index (χ4v) is 5.55. The van der Waals surface area contributed by atoms with Crippen LogP contribution in [0.1, 0.15) is 59.8 Å². The molecule has 0 unspecified atom stereocenters. The number of halogens is 1. The maximum Gasteiger partial charge on any atom is 0.322 e. The minimum absolute atomic E-state index is 0.00152. The van der Waals surface area contributed by atoms with Crippen LogP contribution in [0.2, 0.25) is 18.1 Å². The molecule has 0 aliphatic carbocycles. The van der Waals surface area contributed by atoms with Gasteiger partial charge < -0.3 is 9.16 Å². The lowest BCUT2D eigenvalue weighted by atomic mass is 9.94. The van der Waals surface area contributed by atoms with Gasteiger partial charge in [0, 0.05) is 41.5 Å². The van der Waals surface area contributed by atoms with Crippen molar-refractivity contribution in [2.75, 3.05) is 6.26 Å². The minimum Gasteiger partial charge on any atom is -0.462 e. The summed E-state index contributed by atoms with van der Waals surface area (Å²) in [5.74, 6) is 3.06. The summed E-state index contributed by atoms with van der Waals surface area (Å²) in [5.41, 5.74) is 0. The second-order valence-corrected chi connectivity index (χ2v) is 15.0. The molecule has 0 spiro atoms. The quantitative estimate of drug-likeness (QED) is 0.141. The van der Waals surface area contributed by atoms with E-state index in [0.29, 0.717) is 0 Å². The molecule has 144 valence electrons. The maximum atomic E-state index is 12.5. The fourth-order valence-electron chi connectivity index (χ4n) is 2.93. The van der Waals surface area contributed by atoms with Gasteiger partial charge in [-0.15, -0.1) is 11.8 Å². The lowest BCUT2D eigenvalue weighted by Crippen LogP contribution is -2.46. The molecule has 0 bridgehead atoms. The van der Waals surface area contributed by atoms with E-state index in [1.165, 1.54) is 0 Å². The summed E-state index contributed by atoms with van der Waals surface area (Å²) < 4.78 is 14.7. The number of rotatable bonds is 8. The van der Waals surface area contributed by atoms with Crippen molar-refractivity contribution in [3.8, 4) is 9.85 Å². The Labute approximate surface area is 173 Å². The van der Waals surface area contributed by atoms with Gasteiger partial charge in [0.2, 0.25) is 0 Å². The van der Waals surface area contributed by atoms with Crippen LogP contribution >= 0.6 is 34.4 Å². The second-order valence-electron chi connectivity index (χ2n) is 8.49. The van der Waals surface area contributed by atoms with E-state index in [4.69, 9.17) is 9.16 Å². The van der Waals surface area contributed by atoms with Crippen LogP contribution in [0.15, 0.2) is 0 Å². The predicted molar refractivity (Wildman–Crippen MR) is 119 cm³/mol. The average Bonchev–Trinajstić information content (AvgIpc) is 2.76. The highest BCUT2D eigenvalue weighted by Gasteiger charge is 2.50. The van der Waals surface area contributed by atoms with Crippen molar-refractivity contribution in [2.24, 2.45) is 0 Å². The van der Waals surface area contributed by atoms with Gasteiger partial charge in [-0.3, -0.25) is 4.79 Å². The fraction of sp³-hybridized carbons (Fsp3) is 0.842. The predicted octanol–water partition coefficient (Wildman–Crippen LogP) is 5.77. The van der Waals surface area contributed by atoms with E-state index in [2.05, 4.69) is 66.3 Å². The van der Waals surface area contributed by atoms with Gasteiger partial charge in [0.15, 0.2) is 8.32 Å². The SMILES string of the molecule is CS[C@]1(C[C@@H](CCCC#CI)O[Si](C)(C)C(C)(C)C)C[C@H](C)OC1=O. The van der Waals surface area contributed by atoms with Gasteiger partial charge >= 0.3 is 5.97 Å². The first-order chi connectivity index (χ1) is 11.5. The van der Waals surface area contributed by atoms with Crippen LogP contribution in [0, 0.1) is 9.85 Å². The number of carbonyl (C=O) groups is 1. The number of ether oxygens (including phenoxy) is 1. The third-order valence-corrected chi connectivity index (χ3v) is 11.6. The van der Waals surface area contributed by atoms with E-state index in [1.807, 2.05) is 13.2 Å². The normalized spacial score (nSPS) is 25.3. The molecule has 0 saturated carbocycles. The Morgan fingerprint density at radius 1 is 1.48 bits per heavy atom. The van der Waals surface area contributed by atoms with Gasteiger partial charge in [-0.2, -0.15) is 0 Å². The Balaban J connectivity index is 2.93. The molecule has 1 fully saturated rings. The lowest BCUT2D eigenvalue weighted by Gasteiger charge is -2.41. The molecule has 1 aliphatic heterocycles. The third-order valence-electron chi connectivity index (χ3n) is 5.41. The monoisotopic (exact) mass is 496 g/mol. The Kier molecular flexibility index (Phi) is 8.84. The Morgan fingerprint density at radius 2 is 2.12 bits per heavy atom. The van der Waals surface area contributed by atoms with Gasteiger partial charge in [-0.05, 0) is 54.5 Å². The van der Waals surface area contributed by atoms with E-state index >= 15 is 0 Å². The van der Waals surface area contributed by atoms with Gasteiger partial charge in [0.1, 0.15) is 10.9 Å². The van der Waals surface area contributed by atoms with Crippen LogP contribution in [0.5, 0.6) is 0 Å². The molecule has 1 aliphatic rings. The van der Waals surface area contributed by atoms with Gasteiger partial charge in [-0.1, -0.05) is 26.7 Å². The first-order valence-electron chi connectivity index (χ1n) is 9.00. The highest BCUT2D eigenvalue weighted by atomic mass is 127. The van der Waals surface area contributed by atoms with E-state index in [9.17, 15) is 4.79 Å². The zero-order chi connectivity index (χ0) is 19.3. The molecule has 6 heteroatoms. The van der Waals surface area contributed by atoms with Crippen LogP contribution in [0.4, 0.5) is 0 Å². The molecule has 1 heterocycles. The first-order valence-corrected chi connectivity index (χ1v) is 14.2. The van der Waals surface area contributed by atoms with Crippen molar-refractivity contribution in [3.63, 3.8) is 0 Å². The number of cyclic esters (lactones) is 1. The Morgan fingerprint density at radius 3 is 2.56 bits per heavy atom. The van der Waals surface area contributed by atoms with Crippen molar-refractivity contribution in [3.05, 3.63) is 0 Å². The zero-order valence-corrected chi connectivity index (χ0v) is 20.7. The van der Waals surface area contributed by atoms with E-state index in [0.717, 1.165) is 32.1 Å². The smallest absolute Gasteiger partial charge is 0.322 e. The Hall–Kier alpha value is 0.287. The number of esters is 1. The summed E-state index contributed by atoms with van der Waals surface area (Å²) in [6, 6.07) is 0. The van der Waals surface area contributed by atoms with Crippen LogP contribution in [0.25, 0.3) is 0 Å². The average molecular weight is 497 g/mol. The van der Waals surface area contributed by atoms with E-state index in [-0.39, 0.29) is 23.2 Å². The molecule has 0 N–H and O–H groups in total. The number of hydrogen-bond acceptors (Lipinski definition) is 4. The minimum atomic E-state index is -1.89. The standard InChI is InChI=1S/C19H33IO3SSi/c1-15-13-19(24-5,17(21)22-15)14-16(11-9-8-10-12-20)23-25(6,7)18(2,3)4/h15-16H,8-9,11,13-14H2,1-7H3/t15-,16+,19-/m0/s1. The van der Waals surface area contributed by atoms with Gasteiger partial charge in [-0.25, -0.2) is 0 Å². The molecular formula is C19H33IO3SSi. The van der Waals surface area contributed by atoms with Crippen molar-refractivity contribution < 1.29 is 14.0 Å². The largest absolute Gasteiger partial charge is 0.462 e. The van der Waals surface area contributed by atoms with Crippen LogP contribution in [0.3, 0.4) is 0 Å². The Bertz CT molecular complexity index is 521. The summed E-state index contributed by atoms with van der Waals surface area (Å²) >= 11 is 3.71. The summed E-state index contributed by atoms with van der Waals surface area (Å²) in [5, 5.41) is 0.156. The van der Waals surface area contributed by atoms with Crippen LogP contribution in [-0.4, -0.2) is 37.5 Å². The van der Waals surface area contributed by atoms with Crippen molar-refractivity contribution in [1.82, 2.24) is 0 Å². The highest BCUT2D eigenvalue weighted by Crippen LogP contribution is 2.44. The number of thioether (sulfide) groups is 1. The summed E-state index contributed by atoms with van der Waals surface area (Å²) in [6.45, 7) is 13.3. The molecule has 0 amide bonds. The molecule has 3 atom stereocenters. The molecule has 25 heavy (non-hydrogen) atoms. The van der Waals surface area contributed by atoms with Crippen LogP contribution < -0.4 is 0 Å². The van der Waals surface area contributed by atoms with E-state index < -0.39 is 13.1 Å². The van der Waals surface area contributed by atoms with Crippen molar-refractivity contribution in [1.29, 1.82) is 0 Å². The lowest BCUT2D eigenvalue weighted by molar-refractivity contribution is -0.143. The van der Waals surface area contributed by atoms with Crippen LogP contribution in [-0.2, 0) is 14.0 Å². The molecule has 0 aromatic rings. The molecule has 1 rings (SSSR count). The molecule has 1 saturated heterocycles. The molecule has 0 aromatic carbocycles. The van der Waals surface area contributed by atoms with E-state index in [1.54, 1.807) is 11.8 Å². The van der Waals surface area contributed by atoms with Gasteiger partial charge in [0.25, 0.3) is 0 Å². The number of carbonyl (C=O) groups excluding carboxylic acids is 1. The third kappa shape index (κ3) is 6.44. The zero-order valence-electron chi connectivity index (χ0n) is 16.7. The number of unbranched alkanes of at least 4 members (excludes halogenated alkanes) is 1. The molecular weight excluding hydrogens is 463 g/mol. The highest BCUT2D eigenvalue weighted by molar-refractivity contribution is 14.1. The van der Waals surface area contributed by atoms with Crippen molar-refractivity contribution in [2.45, 2.75) is 94.9 Å². The van der Waals surface area contributed by atoms with Gasteiger partial charge in [0.05, 0.1) is 0 Å². The maximum absolute atomic E-state index is 12.5. The summed E-state index contributed by atoms with van der Waals surface area (Å²) in [4.78, 5) is 12.5. The summed E-state index contributed by atoms with van der Waals surface area (Å²) in [7, 11) is -1.89. The second kappa shape index (κ2) is 9.47. The molecule has 0 radical (unpaired) electrons. The topological polar surface area (TPSA) is 35.5 Å². The summed E-state index contributed by atoms with van der Waals surface area (Å²) in [6.07, 6.45) is 6.45. The molecule has 0 aromatic heterocycles. The van der Waals surface area contributed by atoms with Crippen molar-refractivity contribution >= 4 is 48.6 Å². The number of hydrogen-bond donors (Lipinski definition) is 0. The molecule has 3 nitrogen and oxygen atoms in total.